The Bertz CT molecular complexity index is 324. The van der Waals surface area contributed by atoms with E-state index in [-0.39, 0.29) is 0 Å². The Morgan fingerprint density at radius 2 is 2.23 bits per heavy atom. The van der Waals surface area contributed by atoms with Gasteiger partial charge in [-0.1, -0.05) is 18.2 Å². The molecule has 0 spiro atoms. The smallest absolute Gasteiger partial charge is 0.124 e. The van der Waals surface area contributed by atoms with E-state index >= 15 is 0 Å². The van der Waals surface area contributed by atoms with Gasteiger partial charge in [-0.15, -0.1) is 0 Å². The summed E-state index contributed by atoms with van der Waals surface area (Å²) in [7, 11) is 0. The maximum atomic E-state index is 5.70. The number of benzene rings is 1. The molecule has 1 N–H and O–H groups in total. The molecule has 2 aliphatic heterocycles. The van der Waals surface area contributed by atoms with Crippen molar-refractivity contribution in [3.8, 4) is 5.75 Å². The van der Waals surface area contributed by atoms with Crippen molar-refractivity contribution in [1.82, 2.24) is 5.32 Å². The average molecular weight is 175 g/mol. The number of rotatable bonds is 0. The fourth-order valence-corrected chi connectivity index (χ4v) is 2.37. The molecule has 2 nitrogen and oxygen atoms in total. The van der Waals surface area contributed by atoms with Crippen molar-refractivity contribution in [1.29, 1.82) is 0 Å². The first-order valence-corrected chi connectivity index (χ1v) is 4.90. The molecule has 1 aromatic carbocycles. The minimum absolute atomic E-state index is 0.546. The van der Waals surface area contributed by atoms with Crippen LogP contribution in [0.2, 0.25) is 0 Å². The summed E-state index contributed by atoms with van der Waals surface area (Å²) >= 11 is 0. The van der Waals surface area contributed by atoms with E-state index in [1.54, 1.807) is 0 Å². The zero-order valence-corrected chi connectivity index (χ0v) is 7.49. The van der Waals surface area contributed by atoms with Gasteiger partial charge in [-0.2, -0.15) is 0 Å². The number of para-hydroxylation sites is 1. The van der Waals surface area contributed by atoms with Gasteiger partial charge in [0.05, 0.1) is 6.61 Å². The number of hydrogen-bond donors (Lipinski definition) is 1. The van der Waals surface area contributed by atoms with Crippen molar-refractivity contribution < 1.29 is 4.74 Å². The first kappa shape index (κ1) is 7.39. The standard InChI is InChI=1S/C11H13NO/c1-2-4-10-9(3-1)11-8(7-13-10)5-6-12-11/h1-4,8,11-12H,5-7H2. The molecule has 2 aliphatic rings. The number of ether oxygens (including phenoxy) is 1. The second-order valence-corrected chi connectivity index (χ2v) is 3.83. The molecule has 0 aliphatic carbocycles. The molecule has 0 amide bonds. The third-order valence-corrected chi connectivity index (χ3v) is 3.06. The van der Waals surface area contributed by atoms with E-state index in [1.807, 2.05) is 6.07 Å². The van der Waals surface area contributed by atoms with Crippen LogP contribution < -0.4 is 10.1 Å². The van der Waals surface area contributed by atoms with Crippen molar-refractivity contribution in [2.45, 2.75) is 12.5 Å². The summed E-state index contributed by atoms with van der Waals surface area (Å²) in [6.07, 6.45) is 1.25. The van der Waals surface area contributed by atoms with E-state index in [1.165, 1.54) is 12.0 Å². The molecule has 0 aromatic heterocycles. The molecule has 2 heterocycles. The molecule has 3 rings (SSSR count). The summed E-state index contributed by atoms with van der Waals surface area (Å²) < 4.78 is 5.70. The van der Waals surface area contributed by atoms with Crippen molar-refractivity contribution in [3.05, 3.63) is 29.8 Å². The van der Waals surface area contributed by atoms with Crippen molar-refractivity contribution in [2.75, 3.05) is 13.2 Å². The van der Waals surface area contributed by atoms with Crippen molar-refractivity contribution in [2.24, 2.45) is 5.92 Å². The predicted octanol–water partition coefficient (Wildman–Crippen LogP) is 1.73. The van der Waals surface area contributed by atoms with Crippen LogP contribution >= 0.6 is 0 Å². The summed E-state index contributed by atoms with van der Waals surface area (Å²) in [5.74, 6) is 1.76. The highest BCUT2D eigenvalue weighted by molar-refractivity contribution is 5.38. The first-order valence-electron chi connectivity index (χ1n) is 4.90. The van der Waals surface area contributed by atoms with Gasteiger partial charge in [0.1, 0.15) is 5.75 Å². The van der Waals surface area contributed by atoms with E-state index in [9.17, 15) is 0 Å². The lowest BCUT2D eigenvalue weighted by molar-refractivity contribution is 0.205. The van der Waals surface area contributed by atoms with Crippen LogP contribution in [-0.4, -0.2) is 13.2 Å². The van der Waals surface area contributed by atoms with E-state index in [4.69, 9.17) is 4.74 Å². The van der Waals surface area contributed by atoms with Crippen molar-refractivity contribution >= 4 is 0 Å². The highest BCUT2D eigenvalue weighted by atomic mass is 16.5. The Balaban J connectivity index is 2.06. The van der Waals surface area contributed by atoms with E-state index in [2.05, 4.69) is 23.5 Å². The second-order valence-electron chi connectivity index (χ2n) is 3.83. The minimum atomic E-state index is 0.546. The Morgan fingerprint density at radius 3 is 3.23 bits per heavy atom. The van der Waals surface area contributed by atoms with Gasteiger partial charge in [-0.3, -0.25) is 0 Å². The predicted molar refractivity (Wildman–Crippen MR) is 50.8 cm³/mol. The van der Waals surface area contributed by atoms with Crippen LogP contribution in [0.4, 0.5) is 0 Å². The van der Waals surface area contributed by atoms with E-state index in [0.717, 1.165) is 18.9 Å². The zero-order valence-electron chi connectivity index (χ0n) is 7.49. The minimum Gasteiger partial charge on any atom is -0.493 e. The van der Waals surface area contributed by atoms with Gasteiger partial charge in [-0.05, 0) is 19.0 Å². The fraction of sp³-hybridized carbons (Fsp3) is 0.455. The summed E-state index contributed by atoms with van der Waals surface area (Å²) in [5.41, 5.74) is 1.34. The quantitative estimate of drug-likeness (QED) is 0.648. The van der Waals surface area contributed by atoms with Crippen LogP contribution in [0.3, 0.4) is 0 Å². The third-order valence-electron chi connectivity index (χ3n) is 3.06. The largest absolute Gasteiger partial charge is 0.493 e. The van der Waals surface area contributed by atoms with Crippen LogP contribution in [0.1, 0.15) is 18.0 Å². The van der Waals surface area contributed by atoms with Crippen LogP contribution in [0.5, 0.6) is 5.75 Å². The van der Waals surface area contributed by atoms with Crippen molar-refractivity contribution in [3.63, 3.8) is 0 Å². The molecular formula is C11H13NO. The van der Waals surface area contributed by atoms with Gasteiger partial charge in [0.15, 0.2) is 0 Å². The highest BCUT2D eigenvalue weighted by Gasteiger charge is 2.33. The Labute approximate surface area is 77.9 Å². The lowest BCUT2D eigenvalue weighted by Gasteiger charge is -2.28. The maximum absolute atomic E-state index is 5.70. The summed E-state index contributed by atoms with van der Waals surface area (Å²) in [5, 5.41) is 3.53. The molecule has 0 saturated carbocycles. The maximum Gasteiger partial charge on any atom is 0.124 e. The summed E-state index contributed by atoms with van der Waals surface area (Å²) in [6, 6.07) is 8.90. The zero-order chi connectivity index (χ0) is 8.67. The SMILES string of the molecule is c1ccc2c(c1)OCC1CCNC21. The molecule has 1 saturated heterocycles. The molecule has 1 fully saturated rings. The molecule has 0 radical (unpaired) electrons. The van der Waals surface area contributed by atoms with E-state index in [0.29, 0.717) is 12.0 Å². The number of fused-ring (bicyclic) bond motifs is 3. The molecule has 13 heavy (non-hydrogen) atoms. The number of hydrogen-bond acceptors (Lipinski definition) is 2. The molecule has 2 unspecified atom stereocenters. The second kappa shape index (κ2) is 2.74. The molecule has 1 aromatic rings. The Hall–Kier alpha value is -1.02. The molecule has 2 atom stereocenters. The fourth-order valence-electron chi connectivity index (χ4n) is 2.37. The highest BCUT2D eigenvalue weighted by Crippen LogP contribution is 2.38. The average Bonchev–Trinajstić information content (AvgIpc) is 2.65. The normalized spacial score (nSPS) is 30.5. The van der Waals surface area contributed by atoms with Crippen LogP contribution in [-0.2, 0) is 0 Å². The van der Waals surface area contributed by atoms with Crippen LogP contribution in [0, 0.1) is 5.92 Å². The topological polar surface area (TPSA) is 21.3 Å². The van der Waals surface area contributed by atoms with Crippen LogP contribution in [0.15, 0.2) is 24.3 Å². The van der Waals surface area contributed by atoms with Gasteiger partial charge in [0.2, 0.25) is 0 Å². The molecule has 2 heteroatoms. The Kier molecular flexibility index (Phi) is 1.56. The molecule has 68 valence electrons. The van der Waals surface area contributed by atoms with Gasteiger partial charge in [-0.25, -0.2) is 0 Å². The Morgan fingerprint density at radius 1 is 1.31 bits per heavy atom. The molecular weight excluding hydrogens is 162 g/mol. The van der Waals surface area contributed by atoms with Gasteiger partial charge >= 0.3 is 0 Å². The van der Waals surface area contributed by atoms with Crippen LogP contribution in [0.25, 0.3) is 0 Å². The first-order chi connectivity index (χ1) is 6.45. The summed E-state index contributed by atoms with van der Waals surface area (Å²) in [6.45, 7) is 2.02. The lowest BCUT2D eigenvalue weighted by Crippen LogP contribution is -2.27. The monoisotopic (exact) mass is 175 g/mol. The van der Waals surface area contributed by atoms with E-state index < -0.39 is 0 Å². The van der Waals surface area contributed by atoms with Gasteiger partial charge < -0.3 is 10.1 Å². The van der Waals surface area contributed by atoms with Gasteiger partial charge in [0.25, 0.3) is 0 Å². The van der Waals surface area contributed by atoms with Gasteiger partial charge in [0, 0.05) is 17.5 Å². The third kappa shape index (κ3) is 1.05. The molecule has 0 bridgehead atoms. The summed E-state index contributed by atoms with van der Waals surface area (Å²) in [4.78, 5) is 0. The number of nitrogens with one attached hydrogen (secondary N) is 1. The lowest BCUT2D eigenvalue weighted by atomic mass is 9.92.